The van der Waals surface area contributed by atoms with Gasteiger partial charge in [-0.2, -0.15) is 0 Å². The van der Waals surface area contributed by atoms with Crippen molar-refractivity contribution in [2.75, 3.05) is 0 Å². The van der Waals surface area contributed by atoms with E-state index in [1.807, 2.05) is 40.8 Å². The van der Waals surface area contributed by atoms with Crippen molar-refractivity contribution in [1.82, 2.24) is 9.78 Å². The topological polar surface area (TPSA) is 21.7 Å². The first kappa shape index (κ1) is 7.98. The van der Waals surface area contributed by atoms with Crippen LogP contribution in [-0.2, 0) is 13.6 Å². The highest BCUT2D eigenvalue weighted by atomic mass is 15.3. The summed E-state index contributed by atoms with van der Waals surface area (Å²) in [6, 6.07) is 10.3. The summed E-state index contributed by atoms with van der Waals surface area (Å²) in [5, 5.41) is 4.19. The molecule has 1 heterocycles. The largest absolute Gasteiger partial charge is 0.264 e. The summed E-state index contributed by atoms with van der Waals surface area (Å²) < 4.78 is 3.85. The fourth-order valence-corrected chi connectivity index (χ4v) is 1.27. The maximum atomic E-state index is 4.19. The molecule has 0 fully saturated rings. The van der Waals surface area contributed by atoms with Gasteiger partial charge in [-0.1, -0.05) is 30.3 Å². The first-order valence-corrected chi connectivity index (χ1v) is 4.26. The summed E-state index contributed by atoms with van der Waals surface area (Å²) in [4.78, 5) is 0. The van der Waals surface area contributed by atoms with Crippen molar-refractivity contribution in [2.24, 2.45) is 7.05 Å². The van der Waals surface area contributed by atoms with Crippen LogP contribution in [0.3, 0.4) is 0 Å². The minimum Gasteiger partial charge on any atom is -0.240 e. The summed E-state index contributed by atoms with van der Waals surface area (Å²) >= 11 is 0. The molecule has 13 heavy (non-hydrogen) atoms. The van der Waals surface area contributed by atoms with Crippen LogP contribution < -0.4 is 4.57 Å². The second-order valence-electron chi connectivity index (χ2n) is 3.10. The Bertz CT molecular complexity index is 378. The SMILES string of the molecule is C[n+]1cnn(Cc2ccccc2)c1. The van der Waals surface area contributed by atoms with Gasteiger partial charge in [0.25, 0.3) is 6.33 Å². The fourth-order valence-electron chi connectivity index (χ4n) is 1.27. The van der Waals surface area contributed by atoms with Crippen molar-refractivity contribution in [3.8, 4) is 0 Å². The summed E-state index contributed by atoms with van der Waals surface area (Å²) in [7, 11) is 1.97. The van der Waals surface area contributed by atoms with Crippen molar-refractivity contribution in [3.63, 3.8) is 0 Å². The molecule has 0 atom stereocenters. The maximum Gasteiger partial charge on any atom is 0.264 e. The van der Waals surface area contributed by atoms with E-state index >= 15 is 0 Å². The summed E-state index contributed by atoms with van der Waals surface area (Å²) in [6.45, 7) is 0.835. The van der Waals surface area contributed by atoms with Crippen LogP contribution in [0.4, 0.5) is 0 Å². The van der Waals surface area contributed by atoms with Crippen molar-refractivity contribution in [2.45, 2.75) is 6.54 Å². The van der Waals surface area contributed by atoms with Crippen LogP contribution in [0.1, 0.15) is 5.56 Å². The van der Waals surface area contributed by atoms with E-state index in [1.165, 1.54) is 5.56 Å². The van der Waals surface area contributed by atoms with Gasteiger partial charge in [0, 0.05) is 5.10 Å². The molecule has 1 aromatic carbocycles. The molecule has 0 saturated heterocycles. The standard InChI is InChI=1S/C10H12N3/c1-12-8-11-13(9-12)7-10-5-3-2-4-6-10/h2-6,8-9H,7H2,1H3/q+1. The van der Waals surface area contributed by atoms with Crippen molar-refractivity contribution >= 4 is 0 Å². The number of aryl methyl sites for hydroxylation is 1. The lowest BCUT2D eigenvalue weighted by atomic mass is 10.2. The quantitative estimate of drug-likeness (QED) is 0.616. The molecule has 0 saturated carbocycles. The van der Waals surface area contributed by atoms with Gasteiger partial charge in [-0.3, -0.25) is 0 Å². The van der Waals surface area contributed by atoms with E-state index < -0.39 is 0 Å². The van der Waals surface area contributed by atoms with Gasteiger partial charge in [-0.15, -0.1) is 4.68 Å². The third-order valence-corrected chi connectivity index (χ3v) is 1.88. The van der Waals surface area contributed by atoms with E-state index in [1.54, 1.807) is 6.33 Å². The number of hydrogen-bond acceptors (Lipinski definition) is 1. The Labute approximate surface area is 77.3 Å². The molecular formula is C10H12N3+. The van der Waals surface area contributed by atoms with E-state index in [-0.39, 0.29) is 0 Å². The summed E-state index contributed by atoms with van der Waals surface area (Å²) in [5.74, 6) is 0. The molecular weight excluding hydrogens is 162 g/mol. The average molecular weight is 174 g/mol. The maximum absolute atomic E-state index is 4.19. The number of rotatable bonds is 2. The second kappa shape index (κ2) is 3.39. The van der Waals surface area contributed by atoms with Crippen LogP contribution in [0.2, 0.25) is 0 Å². The summed E-state index contributed by atoms with van der Waals surface area (Å²) in [5.41, 5.74) is 1.27. The van der Waals surface area contributed by atoms with Gasteiger partial charge in [0.05, 0.1) is 7.05 Å². The van der Waals surface area contributed by atoms with Crippen LogP contribution in [0, 0.1) is 0 Å². The predicted octanol–water partition coefficient (Wildman–Crippen LogP) is 0.756. The Morgan fingerprint density at radius 1 is 1.31 bits per heavy atom. The molecule has 2 aromatic rings. The minimum atomic E-state index is 0.835. The summed E-state index contributed by atoms with van der Waals surface area (Å²) in [6.07, 6.45) is 3.76. The molecule has 0 aliphatic rings. The lowest BCUT2D eigenvalue weighted by Gasteiger charge is -1.93. The highest BCUT2D eigenvalue weighted by molar-refractivity contribution is 5.14. The molecule has 2 rings (SSSR count). The lowest BCUT2D eigenvalue weighted by Crippen LogP contribution is -2.23. The molecule has 0 unspecified atom stereocenters. The van der Waals surface area contributed by atoms with E-state index in [4.69, 9.17) is 0 Å². The van der Waals surface area contributed by atoms with E-state index in [9.17, 15) is 0 Å². The van der Waals surface area contributed by atoms with Gasteiger partial charge < -0.3 is 0 Å². The molecule has 0 radical (unpaired) electrons. The number of hydrogen-bond donors (Lipinski definition) is 0. The van der Waals surface area contributed by atoms with Crippen LogP contribution >= 0.6 is 0 Å². The molecule has 66 valence electrons. The predicted molar refractivity (Wildman–Crippen MR) is 48.9 cm³/mol. The molecule has 3 nitrogen and oxygen atoms in total. The lowest BCUT2D eigenvalue weighted by molar-refractivity contribution is -0.672. The Morgan fingerprint density at radius 2 is 2.08 bits per heavy atom. The third kappa shape index (κ3) is 1.93. The van der Waals surface area contributed by atoms with Gasteiger partial charge in [0.1, 0.15) is 6.54 Å². The number of nitrogens with zero attached hydrogens (tertiary/aromatic N) is 3. The Morgan fingerprint density at radius 3 is 2.69 bits per heavy atom. The highest BCUT2D eigenvalue weighted by Crippen LogP contribution is 1.99. The Kier molecular flexibility index (Phi) is 2.08. The zero-order valence-electron chi connectivity index (χ0n) is 7.59. The van der Waals surface area contributed by atoms with E-state index in [2.05, 4.69) is 17.2 Å². The highest BCUT2D eigenvalue weighted by Gasteiger charge is 2.02. The minimum absolute atomic E-state index is 0.835. The molecule has 0 spiro atoms. The smallest absolute Gasteiger partial charge is 0.240 e. The second-order valence-corrected chi connectivity index (χ2v) is 3.10. The van der Waals surface area contributed by atoms with Crippen LogP contribution in [0.5, 0.6) is 0 Å². The van der Waals surface area contributed by atoms with E-state index in [0.717, 1.165) is 6.54 Å². The zero-order valence-corrected chi connectivity index (χ0v) is 7.59. The zero-order chi connectivity index (χ0) is 9.10. The van der Waals surface area contributed by atoms with Crippen LogP contribution in [0.15, 0.2) is 43.0 Å². The van der Waals surface area contributed by atoms with Gasteiger partial charge >= 0.3 is 0 Å². The van der Waals surface area contributed by atoms with Crippen LogP contribution in [0.25, 0.3) is 0 Å². The van der Waals surface area contributed by atoms with Gasteiger partial charge in [-0.25, -0.2) is 4.57 Å². The fraction of sp³-hybridized carbons (Fsp3) is 0.200. The molecule has 0 aliphatic carbocycles. The number of aromatic nitrogens is 3. The number of benzene rings is 1. The van der Waals surface area contributed by atoms with Crippen molar-refractivity contribution in [1.29, 1.82) is 0 Å². The molecule has 0 amide bonds. The van der Waals surface area contributed by atoms with Crippen molar-refractivity contribution in [3.05, 3.63) is 48.5 Å². The molecule has 0 bridgehead atoms. The molecule has 0 N–H and O–H groups in total. The first-order chi connectivity index (χ1) is 6.34. The molecule has 1 aromatic heterocycles. The normalized spacial score (nSPS) is 10.2. The van der Waals surface area contributed by atoms with Crippen LogP contribution in [-0.4, -0.2) is 9.78 Å². The third-order valence-electron chi connectivity index (χ3n) is 1.88. The average Bonchev–Trinajstić information content (AvgIpc) is 2.53. The molecule has 3 heteroatoms. The van der Waals surface area contributed by atoms with Gasteiger partial charge in [0.15, 0.2) is 0 Å². The van der Waals surface area contributed by atoms with Gasteiger partial charge in [-0.05, 0) is 5.56 Å². The Hall–Kier alpha value is -1.64. The van der Waals surface area contributed by atoms with Gasteiger partial charge in [0.2, 0.25) is 6.33 Å². The first-order valence-electron chi connectivity index (χ1n) is 4.26. The monoisotopic (exact) mass is 174 g/mol. The van der Waals surface area contributed by atoms with Crippen molar-refractivity contribution < 1.29 is 4.57 Å². The Balaban J connectivity index is 2.15. The van der Waals surface area contributed by atoms with E-state index in [0.29, 0.717) is 0 Å². The molecule has 0 aliphatic heterocycles.